The lowest BCUT2D eigenvalue weighted by Gasteiger charge is -2.33. The highest BCUT2D eigenvalue weighted by molar-refractivity contribution is 5.93. The Morgan fingerprint density at radius 3 is 2.62 bits per heavy atom. The molecule has 2 heterocycles. The van der Waals surface area contributed by atoms with E-state index in [4.69, 9.17) is 4.52 Å². The maximum atomic E-state index is 12.4. The van der Waals surface area contributed by atoms with Crippen LogP contribution in [0.3, 0.4) is 0 Å². The molecule has 0 bridgehead atoms. The summed E-state index contributed by atoms with van der Waals surface area (Å²) in [5.41, 5.74) is 3.18. The Morgan fingerprint density at radius 1 is 1.23 bits per heavy atom. The molecule has 7 heteroatoms. The average Bonchev–Trinajstić information content (AvgIpc) is 3.10. The van der Waals surface area contributed by atoms with Gasteiger partial charge in [0.2, 0.25) is 5.91 Å². The van der Waals surface area contributed by atoms with Gasteiger partial charge in [0, 0.05) is 37.8 Å². The van der Waals surface area contributed by atoms with Crippen LogP contribution in [0.1, 0.15) is 36.7 Å². The zero-order valence-electron chi connectivity index (χ0n) is 16.0. The summed E-state index contributed by atoms with van der Waals surface area (Å²) in [5, 5.41) is 7.04. The van der Waals surface area contributed by atoms with E-state index in [1.165, 1.54) is 5.56 Å². The Labute approximate surface area is 154 Å². The highest BCUT2D eigenvalue weighted by Gasteiger charge is 2.23. The molecular formula is C19H27N5O2. The second kappa shape index (κ2) is 7.86. The lowest BCUT2D eigenvalue weighted by Crippen LogP contribution is -2.48. The maximum absolute atomic E-state index is 12.4. The molecule has 1 aliphatic heterocycles. The maximum Gasteiger partial charge on any atom is 0.324 e. The van der Waals surface area contributed by atoms with E-state index in [1.54, 1.807) is 0 Å². The number of aromatic nitrogens is 2. The molecule has 1 fully saturated rings. The van der Waals surface area contributed by atoms with E-state index in [-0.39, 0.29) is 11.8 Å². The predicted octanol–water partition coefficient (Wildman–Crippen LogP) is 2.57. The van der Waals surface area contributed by atoms with Crippen molar-refractivity contribution in [2.24, 2.45) is 0 Å². The van der Waals surface area contributed by atoms with E-state index in [9.17, 15) is 4.79 Å². The van der Waals surface area contributed by atoms with Crippen molar-refractivity contribution in [1.82, 2.24) is 15.0 Å². The van der Waals surface area contributed by atoms with Crippen molar-refractivity contribution in [1.29, 1.82) is 0 Å². The SMILES string of the molecule is Cc1cccc(NC(=O)CN2CCN(c3nc(C(C)C)no3)CC2)c1C. The molecule has 2 aromatic rings. The van der Waals surface area contributed by atoms with Gasteiger partial charge in [-0.3, -0.25) is 9.69 Å². The molecule has 7 nitrogen and oxygen atoms in total. The predicted molar refractivity (Wildman–Crippen MR) is 102 cm³/mol. The van der Waals surface area contributed by atoms with E-state index in [0.29, 0.717) is 12.6 Å². The summed E-state index contributed by atoms with van der Waals surface area (Å²) in [6.07, 6.45) is 0. The Bertz CT molecular complexity index is 763. The molecule has 1 amide bonds. The summed E-state index contributed by atoms with van der Waals surface area (Å²) in [7, 11) is 0. The normalized spacial score (nSPS) is 15.5. The number of hydrogen-bond acceptors (Lipinski definition) is 6. The number of carbonyl (C=O) groups is 1. The van der Waals surface area contributed by atoms with Crippen LogP contribution in [0.25, 0.3) is 0 Å². The van der Waals surface area contributed by atoms with Gasteiger partial charge in [-0.05, 0) is 31.0 Å². The summed E-state index contributed by atoms with van der Waals surface area (Å²) in [6, 6.07) is 6.53. The number of piperazine rings is 1. The van der Waals surface area contributed by atoms with Crippen LogP contribution in [-0.4, -0.2) is 53.7 Å². The van der Waals surface area contributed by atoms with Crippen LogP contribution in [0.5, 0.6) is 0 Å². The molecular weight excluding hydrogens is 330 g/mol. The minimum absolute atomic E-state index is 0.0204. The van der Waals surface area contributed by atoms with Gasteiger partial charge in [-0.2, -0.15) is 4.98 Å². The van der Waals surface area contributed by atoms with Gasteiger partial charge in [0.25, 0.3) is 0 Å². The summed E-state index contributed by atoms with van der Waals surface area (Å²) in [5.74, 6) is 1.00. The van der Waals surface area contributed by atoms with Crippen LogP contribution >= 0.6 is 0 Å². The largest absolute Gasteiger partial charge is 0.325 e. The fraction of sp³-hybridized carbons (Fsp3) is 0.526. The van der Waals surface area contributed by atoms with Crippen molar-refractivity contribution in [2.45, 2.75) is 33.6 Å². The molecule has 3 rings (SSSR count). The monoisotopic (exact) mass is 357 g/mol. The molecule has 0 saturated carbocycles. The molecule has 0 aliphatic carbocycles. The highest BCUT2D eigenvalue weighted by atomic mass is 16.5. The summed E-state index contributed by atoms with van der Waals surface area (Å²) in [6.45, 7) is 11.7. The van der Waals surface area contributed by atoms with Crippen molar-refractivity contribution >= 4 is 17.6 Å². The van der Waals surface area contributed by atoms with Gasteiger partial charge in [-0.25, -0.2) is 0 Å². The van der Waals surface area contributed by atoms with Crippen molar-refractivity contribution in [3.05, 3.63) is 35.2 Å². The van der Waals surface area contributed by atoms with Gasteiger partial charge in [-0.1, -0.05) is 31.1 Å². The summed E-state index contributed by atoms with van der Waals surface area (Å²) in [4.78, 5) is 21.0. The zero-order valence-corrected chi connectivity index (χ0v) is 16.0. The van der Waals surface area contributed by atoms with Gasteiger partial charge in [0.05, 0.1) is 6.54 Å². The van der Waals surface area contributed by atoms with E-state index in [0.717, 1.165) is 43.3 Å². The van der Waals surface area contributed by atoms with Gasteiger partial charge in [0.1, 0.15) is 0 Å². The lowest BCUT2D eigenvalue weighted by molar-refractivity contribution is -0.117. The number of rotatable bonds is 5. The number of carbonyl (C=O) groups excluding carboxylic acids is 1. The van der Waals surface area contributed by atoms with Crippen LogP contribution in [0, 0.1) is 13.8 Å². The van der Waals surface area contributed by atoms with E-state index < -0.39 is 0 Å². The van der Waals surface area contributed by atoms with E-state index in [1.807, 2.05) is 45.9 Å². The van der Waals surface area contributed by atoms with Crippen molar-refractivity contribution in [2.75, 3.05) is 42.9 Å². The molecule has 1 aliphatic rings. The first-order valence-corrected chi connectivity index (χ1v) is 9.11. The molecule has 1 N–H and O–H groups in total. The van der Waals surface area contributed by atoms with Crippen LogP contribution in [-0.2, 0) is 4.79 Å². The Kier molecular flexibility index (Phi) is 5.56. The topological polar surface area (TPSA) is 74.5 Å². The minimum Gasteiger partial charge on any atom is -0.325 e. The summed E-state index contributed by atoms with van der Waals surface area (Å²) < 4.78 is 5.35. The van der Waals surface area contributed by atoms with Crippen molar-refractivity contribution < 1.29 is 9.32 Å². The molecule has 1 aromatic carbocycles. The van der Waals surface area contributed by atoms with Crippen LogP contribution in [0.2, 0.25) is 0 Å². The molecule has 26 heavy (non-hydrogen) atoms. The second-order valence-corrected chi connectivity index (χ2v) is 7.15. The number of nitrogens with one attached hydrogen (secondary N) is 1. The first-order chi connectivity index (χ1) is 12.4. The Balaban J connectivity index is 1.50. The third kappa shape index (κ3) is 4.22. The number of hydrogen-bond donors (Lipinski definition) is 1. The molecule has 0 radical (unpaired) electrons. The van der Waals surface area contributed by atoms with Gasteiger partial charge >= 0.3 is 6.01 Å². The Hall–Kier alpha value is -2.41. The van der Waals surface area contributed by atoms with Gasteiger partial charge in [0.15, 0.2) is 5.82 Å². The molecule has 0 atom stereocenters. The average molecular weight is 357 g/mol. The highest BCUT2D eigenvalue weighted by Crippen LogP contribution is 2.19. The molecule has 1 saturated heterocycles. The second-order valence-electron chi connectivity index (χ2n) is 7.15. The first kappa shape index (κ1) is 18.4. The van der Waals surface area contributed by atoms with Crippen molar-refractivity contribution in [3.63, 3.8) is 0 Å². The third-order valence-electron chi connectivity index (χ3n) is 4.84. The van der Waals surface area contributed by atoms with Crippen LogP contribution in [0.15, 0.2) is 22.7 Å². The molecule has 1 aromatic heterocycles. The number of anilines is 2. The fourth-order valence-electron chi connectivity index (χ4n) is 2.97. The molecule has 0 spiro atoms. The number of amides is 1. The number of nitrogens with zero attached hydrogens (tertiary/aromatic N) is 4. The quantitative estimate of drug-likeness (QED) is 0.886. The molecule has 0 unspecified atom stereocenters. The standard InChI is InChI=1S/C19H27N5O2/c1-13(2)18-21-19(26-22-18)24-10-8-23(9-11-24)12-17(25)20-16-7-5-6-14(3)15(16)4/h5-7,13H,8-12H2,1-4H3,(H,20,25). The lowest BCUT2D eigenvalue weighted by atomic mass is 10.1. The van der Waals surface area contributed by atoms with Crippen LogP contribution in [0.4, 0.5) is 11.7 Å². The van der Waals surface area contributed by atoms with Gasteiger partial charge < -0.3 is 14.7 Å². The first-order valence-electron chi connectivity index (χ1n) is 9.11. The number of aryl methyl sites for hydroxylation is 1. The zero-order chi connectivity index (χ0) is 18.7. The van der Waals surface area contributed by atoms with E-state index in [2.05, 4.69) is 25.3 Å². The minimum atomic E-state index is 0.0204. The molecule has 140 valence electrons. The van der Waals surface area contributed by atoms with Gasteiger partial charge in [-0.15, -0.1) is 0 Å². The Morgan fingerprint density at radius 2 is 1.96 bits per heavy atom. The van der Waals surface area contributed by atoms with E-state index >= 15 is 0 Å². The van der Waals surface area contributed by atoms with Crippen LogP contribution < -0.4 is 10.2 Å². The smallest absolute Gasteiger partial charge is 0.324 e. The summed E-state index contributed by atoms with van der Waals surface area (Å²) >= 11 is 0. The number of benzene rings is 1. The fourth-order valence-corrected chi connectivity index (χ4v) is 2.97. The van der Waals surface area contributed by atoms with Crippen molar-refractivity contribution in [3.8, 4) is 0 Å². The third-order valence-corrected chi connectivity index (χ3v) is 4.84.